The van der Waals surface area contributed by atoms with Crippen LogP contribution in [0.5, 0.6) is 0 Å². The molecule has 1 aliphatic heterocycles. The molecule has 0 bridgehead atoms. The molecule has 3 aromatic rings. The van der Waals surface area contributed by atoms with Gasteiger partial charge in [0, 0.05) is 0 Å². The zero-order chi connectivity index (χ0) is 20.7. The molecule has 4 heteroatoms. The van der Waals surface area contributed by atoms with Crippen LogP contribution >= 0.6 is 0 Å². The van der Waals surface area contributed by atoms with Gasteiger partial charge < -0.3 is 0 Å². The second kappa shape index (κ2) is 8.09. The molecule has 154 valence electrons. The molecule has 1 unspecified atom stereocenters. The van der Waals surface area contributed by atoms with E-state index in [0.717, 1.165) is 26.1 Å². The van der Waals surface area contributed by atoms with Crippen LogP contribution in [0.4, 0.5) is 11.4 Å². The van der Waals surface area contributed by atoms with Crippen molar-refractivity contribution in [3.05, 3.63) is 70.4 Å². The number of likely N-dealkylation sites (N-methyl/N-ethyl adjacent to an activating group) is 2. The Balaban J connectivity index is 1.60. The predicted octanol–water partition coefficient (Wildman–Crippen LogP) is 5.00. The van der Waals surface area contributed by atoms with Crippen LogP contribution in [0.3, 0.4) is 0 Å². The van der Waals surface area contributed by atoms with E-state index in [1.165, 1.54) is 43.4 Å². The van der Waals surface area contributed by atoms with Crippen LogP contribution in [0.15, 0.2) is 65.9 Å². The first-order valence-corrected chi connectivity index (χ1v) is 12.9. The van der Waals surface area contributed by atoms with E-state index in [1.54, 1.807) is 0 Å². The molecule has 1 aromatic heterocycles. The monoisotopic (exact) mass is 464 g/mol. The van der Waals surface area contributed by atoms with Crippen LogP contribution in [0.25, 0.3) is 15.9 Å². The molecule has 0 saturated carbocycles. The number of allylic oxidation sites excluding steroid dienone is 2. The molecule has 5 rings (SSSR count). The summed E-state index contributed by atoms with van der Waals surface area (Å²) in [6.07, 6.45) is 7.33. The molecule has 0 amide bonds. The molecule has 0 fully saturated rings. The van der Waals surface area contributed by atoms with E-state index in [-0.39, 0.29) is 0 Å². The molecular weight excluding hydrogens is 433 g/mol. The Morgan fingerprint density at radius 1 is 1.00 bits per heavy atom. The fourth-order valence-corrected chi connectivity index (χ4v) is 7.65. The number of anilines is 2. The first kappa shape index (κ1) is 19.7. The quantitative estimate of drug-likeness (QED) is 0.398. The first-order chi connectivity index (χ1) is 14.7. The van der Waals surface area contributed by atoms with Crippen LogP contribution < -0.4 is 14.4 Å². The minimum absolute atomic E-state index is 0.397. The Hall–Kier alpha value is -2.29. The normalized spacial score (nSPS) is 19.8. The fourth-order valence-electron chi connectivity index (χ4n) is 5.13. The Kier molecular flexibility index (Phi) is 5.30. The molecule has 0 spiro atoms. The number of hydrogen-bond donors (Lipinski definition) is 0. The second-order valence-corrected chi connectivity index (χ2v) is 10.2. The standard InChI is InChI=1S/C26H30N3Se/c1-4-27-20-11-7-8-12-21(20)28(5-2)24-17-19(15-16-22(24)27)18-26-29(6-3)23-13-9-10-14-25(23)30-26/h7-14,17-18,22H,4-6,15-16H2,1-3H3/q+1. The van der Waals surface area contributed by atoms with Crippen molar-refractivity contribution in [3.8, 4) is 0 Å². The van der Waals surface area contributed by atoms with Crippen molar-refractivity contribution in [2.75, 3.05) is 22.9 Å². The van der Waals surface area contributed by atoms with Gasteiger partial charge in [-0.1, -0.05) is 0 Å². The number of para-hydroxylation sites is 3. The molecule has 1 atom stereocenters. The summed E-state index contributed by atoms with van der Waals surface area (Å²) in [7, 11) is 0. The molecular formula is C26H30N3Se+. The number of benzene rings is 2. The Bertz CT molecular complexity index is 1140. The van der Waals surface area contributed by atoms with E-state index < -0.39 is 0 Å². The van der Waals surface area contributed by atoms with Gasteiger partial charge in [-0.15, -0.1) is 0 Å². The molecule has 1 aliphatic carbocycles. The van der Waals surface area contributed by atoms with E-state index in [2.05, 4.69) is 95.8 Å². The molecule has 0 saturated heterocycles. The summed E-state index contributed by atoms with van der Waals surface area (Å²) in [4.78, 5) is 5.14. The fraction of sp³-hybridized carbons (Fsp3) is 0.346. The molecule has 30 heavy (non-hydrogen) atoms. The number of rotatable bonds is 4. The Morgan fingerprint density at radius 2 is 1.77 bits per heavy atom. The SMILES string of the molecule is CCN1C2=CC(=Cc3[se]c4ccccc4[n+]3CC)CCC2N(CC)c2ccccc21. The molecule has 2 aromatic carbocycles. The van der Waals surface area contributed by atoms with E-state index in [0.29, 0.717) is 20.5 Å². The third-order valence-electron chi connectivity index (χ3n) is 6.47. The van der Waals surface area contributed by atoms with Crippen LogP contribution in [0.2, 0.25) is 0 Å². The van der Waals surface area contributed by atoms with Crippen LogP contribution in [0.1, 0.15) is 38.2 Å². The molecule has 3 nitrogen and oxygen atoms in total. The van der Waals surface area contributed by atoms with Crippen LogP contribution in [-0.2, 0) is 6.54 Å². The summed E-state index contributed by atoms with van der Waals surface area (Å²) >= 11 is 0.397. The average Bonchev–Trinajstić information content (AvgIpc) is 3.14. The molecule has 0 radical (unpaired) electrons. The van der Waals surface area contributed by atoms with Gasteiger partial charge in [-0.25, -0.2) is 0 Å². The van der Waals surface area contributed by atoms with E-state index in [9.17, 15) is 0 Å². The number of nitrogens with zero attached hydrogens (tertiary/aromatic N) is 3. The third-order valence-corrected chi connectivity index (χ3v) is 8.80. The van der Waals surface area contributed by atoms with Crippen molar-refractivity contribution < 1.29 is 4.57 Å². The summed E-state index contributed by atoms with van der Waals surface area (Å²) in [5.74, 6) is 0. The van der Waals surface area contributed by atoms with Gasteiger partial charge in [0.2, 0.25) is 0 Å². The number of hydrogen-bond acceptors (Lipinski definition) is 2. The Labute approximate surface area is 185 Å². The maximum absolute atomic E-state index is 2.60. The predicted molar refractivity (Wildman–Crippen MR) is 128 cm³/mol. The van der Waals surface area contributed by atoms with Crippen molar-refractivity contribution in [2.45, 2.75) is 46.2 Å². The van der Waals surface area contributed by atoms with Gasteiger partial charge in [0.25, 0.3) is 0 Å². The zero-order valence-corrected chi connectivity index (χ0v) is 19.8. The molecule has 0 N–H and O–H groups in total. The van der Waals surface area contributed by atoms with E-state index in [1.807, 2.05) is 0 Å². The van der Waals surface area contributed by atoms with Gasteiger partial charge in [-0.2, -0.15) is 0 Å². The van der Waals surface area contributed by atoms with Gasteiger partial charge in [0.1, 0.15) is 0 Å². The van der Waals surface area contributed by atoms with Gasteiger partial charge in [0.05, 0.1) is 0 Å². The number of aromatic nitrogens is 1. The van der Waals surface area contributed by atoms with E-state index in [4.69, 9.17) is 0 Å². The van der Waals surface area contributed by atoms with Crippen molar-refractivity contribution in [3.63, 3.8) is 0 Å². The van der Waals surface area contributed by atoms with Crippen molar-refractivity contribution in [1.29, 1.82) is 0 Å². The topological polar surface area (TPSA) is 10.4 Å². The van der Waals surface area contributed by atoms with E-state index >= 15 is 0 Å². The summed E-state index contributed by atoms with van der Waals surface area (Å²) in [5, 5.41) is 0. The van der Waals surface area contributed by atoms with Crippen molar-refractivity contribution in [2.24, 2.45) is 0 Å². The average molecular weight is 464 g/mol. The van der Waals surface area contributed by atoms with Crippen LogP contribution in [-0.4, -0.2) is 33.6 Å². The van der Waals surface area contributed by atoms with Gasteiger partial charge in [0.15, 0.2) is 0 Å². The second-order valence-electron chi connectivity index (χ2n) is 8.01. The van der Waals surface area contributed by atoms with Gasteiger partial charge in [-0.3, -0.25) is 0 Å². The summed E-state index contributed by atoms with van der Waals surface area (Å²) in [6.45, 7) is 9.93. The zero-order valence-electron chi connectivity index (χ0n) is 18.1. The minimum atomic E-state index is 0.397. The Morgan fingerprint density at radius 3 is 2.53 bits per heavy atom. The molecule has 2 heterocycles. The van der Waals surface area contributed by atoms with Crippen molar-refractivity contribution >= 4 is 41.7 Å². The third kappa shape index (κ3) is 3.14. The summed E-state index contributed by atoms with van der Waals surface area (Å²) in [5.41, 5.74) is 7.11. The summed E-state index contributed by atoms with van der Waals surface area (Å²) < 4.78 is 5.53. The van der Waals surface area contributed by atoms with Gasteiger partial charge in [-0.05, 0) is 0 Å². The van der Waals surface area contributed by atoms with Crippen LogP contribution in [0, 0.1) is 0 Å². The first-order valence-electron chi connectivity index (χ1n) is 11.2. The van der Waals surface area contributed by atoms with Gasteiger partial charge >= 0.3 is 186 Å². The maximum atomic E-state index is 2.60. The molecule has 2 aliphatic rings. The van der Waals surface area contributed by atoms with Crippen molar-refractivity contribution in [1.82, 2.24) is 0 Å². The number of aryl methyl sites for hydroxylation is 1. The number of fused-ring (bicyclic) bond motifs is 3. The summed E-state index contributed by atoms with van der Waals surface area (Å²) in [6, 6.07) is 18.3.